The molecule has 1 heterocycles. The van der Waals surface area contributed by atoms with E-state index < -0.39 is 0 Å². The average Bonchev–Trinajstić information content (AvgIpc) is 2.31. The van der Waals surface area contributed by atoms with Crippen molar-refractivity contribution in [2.75, 3.05) is 6.54 Å². The Labute approximate surface area is 120 Å². The van der Waals surface area contributed by atoms with Crippen LogP contribution in [0.3, 0.4) is 0 Å². The summed E-state index contributed by atoms with van der Waals surface area (Å²) < 4.78 is 0. The molecule has 100 valence electrons. The average molecular weight is 296 g/mol. The number of aromatic amines is 1. The van der Waals surface area contributed by atoms with E-state index in [9.17, 15) is 4.79 Å². The molecule has 3 N–H and O–H groups in total. The van der Waals surface area contributed by atoms with Crippen LogP contribution in [0.2, 0.25) is 5.02 Å². The number of benzene rings is 1. The number of aromatic nitrogens is 2. The lowest BCUT2D eigenvalue weighted by atomic mass is 10.1. The van der Waals surface area contributed by atoms with Crippen molar-refractivity contribution in [1.82, 2.24) is 9.97 Å². The molecule has 0 aliphatic rings. The Morgan fingerprint density at radius 2 is 2.21 bits per heavy atom. The van der Waals surface area contributed by atoms with Gasteiger partial charge in [0.1, 0.15) is 0 Å². The lowest BCUT2D eigenvalue weighted by Crippen LogP contribution is -2.08. The maximum atomic E-state index is 11.4. The van der Waals surface area contributed by atoms with Crippen molar-refractivity contribution >= 4 is 23.4 Å². The number of rotatable bonds is 4. The second-order valence-corrected chi connectivity index (χ2v) is 5.55. The number of halogens is 1. The molecular formula is C13H14ClN3OS. The standard InChI is InChI=1S/C13H14ClN3OS/c1-8-6-12(18)17-13(16-8)19-11-7-10(14)3-2-9(11)4-5-15/h2-3,6-7H,4-5,15H2,1H3,(H,16,17,18). The van der Waals surface area contributed by atoms with Crippen LogP contribution in [0.5, 0.6) is 0 Å². The third kappa shape index (κ3) is 3.83. The number of aryl methyl sites for hydroxylation is 1. The molecule has 0 radical (unpaired) electrons. The van der Waals surface area contributed by atoms with Gasteiger partial charge < -0.3 is 10.7 Å². The van der Waals surface area contributed by atoms with Crippen molar-refractivity contribution in [3.8, 4) is 0 Å². The molecule has 0 spiro atoms. The maximum absolute atomic E-state index is 11.4. The smallest absolute Gasteiger partial charge is 0.251 e. The van der Waals surface area contributed by atoms with E-state index in [2.05, 4.69) is 9.97 Å². The van der Waals surface area contributed by atoms with Crippen molar-refractivity contribution < 1.29 is 0 Å². The number of hydrogen-bond donors (Lipinski definition) is 2. The van der Waals surface area contributed by atoms with Crippen molar-refractivity contribution in [2.45, 2.75) is 23.4 Å². The highest BCUT2D eigenvalue weighted by Crippen LogP contribution is 2.30. The number of nitrogens with one attached hydrogen (secondary N) is 1. The largest absolute Gasteiger partial charge is 0.330 e. The highest BCUT2D eigenvalue weighted by Gasteiger charge is 2.07. The van der Waals surface area contributed by atoms with Gasteiger partial charge in [0.05, 0.1) is 0 Å². The fourth-order valence-electron chi connectivity index (χ4n) is 1.69. The number of hydrogen-bond acceptors (Lipinski definition) is 4. The summed E-state index contributed by atoms with van der Waals surface area (Å²) in [6.45, 7) is 2.35. The van der Waals surface area contributed by atoms with E-state index in [0.717, 1.165) is 16.9 Å². The van der Waals surface area contributed by atoms with Crippen molar-refractivity contribution in [2.24, 2.45) is 5.73 Å². The Kier molecular flexibility index (Phi) is 4.63. The Balaban J connectivity index is 2.36. The van der Waals surface area contributed by atoms with E-state index in [1.807, 2.05) is 18.2 Å². The molecule has 2 rings (SSSR count). The predicted molar refractivity (Wildman–Crippen MR) is 77.9 cm³/mol. The summed E-state index contributed by atoms with van der Waals surface area (Å²) in [6, 6.07) is 7.11. The summed E-state index contributed by atoms with van der Waals surface area (Å²) in [5.41, 5.74) is 7.23. The highest BCUT2D eigenvalue weighted by molar-refractivity contribution is 7.99. The lowest BCUT2D eigenvalue weighted by molar-refractivity contribution is 0.900. The second-order valence-electron chi connectivity index (χ2n) is 4.08. The first-order chi connectivity index (χ1) is 9.08. The van der Waals surface area contributed by atoms with Gasteiger partial charge in [-0.05, 0) is 37.6 Å². The molecule has 0 fully saturated rings. The van der Waals surface area contributed by atoms with Crippen LogP contribution in [0.25, 0.3) is 0 Å². The van der Waals surface area contributed by atoms with Gasteiger partial charge >= 0.3 is 0 Å². The fraction of sp³-hybridized carbons (Fsp3) is 0.231. The van der Waals surface area contributed by atoms with Crippen LogP contribution in [0.15, 0.2) is 39.1 Å². The van der Waals surface area contributed by atoms with Crippen LogP contribution in [0.4, 0.5) is 0 Å². The summed E-state index contributed by atoms with van der Waals surface area (Å²) in [4.78, 5) is 19.4. The first kappa shape index (κ1) is 14.1. The van der Waals surface area contributed by atoms with Gasteiger partial charge in [0.2, 0.25) is 0 Å². The molecule has 1 aromatic carbocycles. The Morgan fingerprint density at radius 3 is 2.89 bits per heavy atom. The topological polar surface area (TPSA) is 71.8 Å². The summed E-state index contributed by atoms with van der Waals surface area (Å²) in [5, 5.41) is 1.21. The fourth-order valence-corrected chi connectivity index (χ4v) is 2.96. The molecule has 0 saturated heterocycles. The molecule has 0 atom stereocenters. The molecule has 6 heteroatoms. The van der Waals surface area contributed by atoms with Gasteiger partial charge in [-0.1, -0.05) is 29.4 Å². The first-order valence-electron chi connectivity index (χ1n) is 5.83. The summed E-state index contributed by atoms with van der Waals surface area (Å²) in [6.07, 6.45) is 0.759. The van der Waals surface area contributed by atoms with E-state index in [1.165, 1.54) is 17.8 Å². The predicted octanol–water partition coefficient (Wildman–Crippen LogP) is 2.38. The van der Waals surface area contributed by atoms with Crippen molar-refractivity contribution in [3.05, 3.63) is 50.9 Å². The summed E-state index contributed by atoms with van der Waals surface area (Å²) >= 11 is 7.40. The SMILES string of the molecule is Cc1cc(=O)[nH]c(Sc2cc(Cl)ccc2CCN)n1. The van der Waals surface area contributed by atoms with Crippen LogP contribution < -0.4 is 11.3 Å². The summed E-state index contributed by atoms with van der Waals surface area (Å²) in [7, 11) is 0. The van der Waals surface area contributed by atoms with E-state index >= 15 is 0 Å². The molecule has 4 nitrogen and oxygen atoms in total. The Bertz CT molecular complexity index is 642. The van der Waals surface area contributed by atoms with Gasteiger partial charge in [0.25, 0.3) is 5.56 Å². The second kappa shape index (κ2) is 6.23. The van der Waals surface area contributed by atoms with Gasteiger partial charge in [-0.15, -0.1) is 0 Å². The maximum Gasteiger partial charge on any atom is 0.251 e. The van der Waals surface area contributed by atoms with Crippen LogP contribution in [0, 0.1) is 6.92 Å². The van der Waals surface area contributed by atoms with Crippen molar-refractivity contribution in [3.63, 3.8) is 0 Å². The monoisotopic (exact) mass is 295 g/mol. The molecule has 0 unspecified atom stereocenters. The van der Waals surface area contributed by atoms with Gasteiger partial charge in [0, 0.05) is 21.7 Å². The molecule has 0 saturated carbocycles. The van der Waals surface area contributed by atoms with Crippen LogP contribution in [-0.2, 0) is 6.42 Å². The van der Waals surface area contributed by atoms with Gasteiger partial charge in [-0.2, -0.15) is 0 Å². The number of H-pyrrole nitrogens is 1. The Hall–Kier alpha value is -1.30. The zero-order valence-electron chi connectivity index (χ0n) is 10.4. The molecular weight excluding hydrogens is 282 g/mol. The third-order valence-electron chi connectivity index (χ3n) is 2.50. The van der Waals surface area contributed by atoms with Crippen LogP contribution in [0.1, 0.15) is 11.3 Å². The lowest BCUT2D eigenvalue weighted by Gasteiger charge is -2.08. The van der Waals surface area contributed by atoms with Crippen LogP contribution in [-0.4, -0.2) is 16.5 Å². The highest BCUT2D eigenvalue weighted by atomic mass is 35.5. The van der Waals surface area contributed by atoms with Crippen molar-refractivity contribution in [1.29, 1.82) is 0 Å². The molecule has 19 heavy (non-hydrogen) atoms. The van der Waals surface area contributed by atoms with Gasteiger partial charge in [0.15, 0.2) is 5.16 Å². The van der Waals surface area contributed by atoms with Gasteiger partial charge in [-0.25, -0.2) is 4.98 Å². The molecule has 0 bridgehead atoms. The van der Waals surface area contributed by atoms with E-state index in [0.29, 0.717) is 22.4 Å². The zero-order chi connectivity index (χ0) is 13.8. The van der Waals surface area contributed by atoms with E-state index in [1.54, 1.807) is 6.92 Å². The van der Waals surface area contributed by atoms with Crippen LogP contribution >= 0.6 is 23.4 Å². The first-order valence-corrected chi connectivity index (χ1v) is 7.02. The normalized spacial score (nSPS) is 10.7. The molecule has 2 aromatic rings. The van der Waals surface area contributed by atoms with E-state index in [4.69, 9.17) is 17.3 Å². The molecule has 0 aliphatic carbocycles. The number of nitrogens with two attached hydrogens (primary N) is 1. The minimum atomic E-state index is -0.155. The quantitative estimate of drug-likeness (QED) is 0.850. The molecule has 0 amide bonds. The minimum Gasteiger partial charge on any atom is -0.330 e. The zero-order valence-corrected chi connectivity index (χ0v) is 12.0. The Morgan fingerprint density at radius 1 is 1.42 bits per heavy atom. The molecule has 1 aromatic heterocycles. The third-order valence-corrected chi connectivity index (χ3v) is 3.72. The number of nitrogens with zero attached hydrogens (tertiary/aromatic N) is 1. The molecule has 0 aliphatic heterocycles. The summed E-state index contributed by atoms with van der Waals surface area (Å²) in [5.74, 6) is 0. The van der Waals surface area contributed by atoms with E-state index in [-0.39, 0.29) is 5.56 Å². The van der Waals surface area contributed by atoms with Gasteiger partial charge in [-0.3, -0.25) is 4.79 Å². The minimum absolute atomic E-state index is 0.155.